The van der Waals surface area contributed by atoms with E-state index in [-0.39, 0.29) is 11.8 Å². The maximum Gasteiger partial charge on any atom is 0.255 e. The standard InChI is InChI=1S/C20H21N5O3/c1-13(26)22-10-11-23-20(27)15-6-8-17-18(19(15)28-2)16(24-25-17)7-5-14-4-3-9-21-12-14/h3-9,12H,10-11H2,1-2H3,(H,22,26)(H,23,27)(H,24,25). The predicted molar refractivity (Wildman–Crippen MR) is 107 cm³/mol. The first kappa shape index (κ1) is 19.1. The molecule has 2 amide bonds. The molecule has 0 bridgehead atoms. The summed E-state index contributed by atoms with van der Waals surface area (Å²) in [6, 6.07) is 7.26. The van der Waals surface area contributed by atoms with Crippen LogP contribution in [0.5, 0.6) is 5.75 Å². The molecule has 0 spiro atoms. The molecule has 0 unspecified atom stereocenters. The molecular weight excluding hydrogens is 358 g/mol. The maximum absolute atomic E-state index is 12.6. The molecule has 2 aromatic heterocycles. The van der Waals surface area contributed by atoms with E-state index < -0.39 is 0 Å². The Bertz CT molecular complexity index is 1010. The summed E-state index contributed by atoms with van der Waals surface area (Å²) >= 11 is 0. The fourth-order valence-corrected chi connectivity index (χ4v) is 2.78. The van der Waals surface area contributed by atoms with E-state index in [1.54, 1.807) is 24.5 Å². The number of aromatic nitrogens is 3. The molecule has 0 atom stereocenters. The zero-order chi connectivity index (χ0) is 19.9. The van der Waals surface area contributed by atoms with Crippen molar-refractivity contribution in [1.29, 1.82) is 0 Å². The molecule has 0 radical (unpaired) electrons. The monoisotopic (exact) mass is 379 g/mol. The van der Waals surface area contributed by atoms with Crippen molar-refractivity contribution in [2.75, 3.05) is 20.2 Å². The molecule has 0 saturated carbocycles. The topological polar surface area (TPSA) is 109 Å². The van der Waals surface area contributed by atoms with E-state index in [0.717, 1.165) is 16.5 Å². The number of aromatic amines is 1. The second-order valence-corrected chi connectivity index (χ2v) is 6.04. The van der Waals surface area contributed by atoms with Crippen LogP contribution < -0.4 is 15.4 Å². The molecule has 3 aromatic rings. The van der Waals surface area contributed by atoms with Gasteiger partial charge in [0.1, 0.15) is 5.75 Å². The Morgan fingerprint density at radius 2 is 2.00 bits per heavy atom. The number of benzene rings is 1. The number of nitrogens with one attached hydrogen (secondary N) is 3. The molecule has 144 valence electrons. The van der Waals surface area contributed by atoms with Gasteiger partial charge in [0.25, 0.3) is 5.91 Å². The number of methoxy groups -OCH3 is 1. The molecule has 3 rings (SSSR count). The molecule has 1 aromatic carbocycles. The highest BCUT2D eigenvalue weighted by Gasteiger charge is 2.18. The lowest BCUT2D eigenvalue weighted by Gasteiger charge is -2.11. The van der Waals surface area contributed by atoms with Crippen LogP contribution in [0.2, 0.25) is 0 Å². The molecule has 0 aliphatic carbocycles. The number of carbonyl (C=O) groups excluding carboxylic acids is 2. The zero-order valence-corrected chi connectivity index (χ0v) is 15.7. The lowest BCUT2D eigenvalue weighted by Crippen LogP contribution is -2.33. The van der Waals surface area contributed by atoms with Gasteiger partial charge in [-0.1, -0.05) is 12.1 Å². The molecule has 8 nitrogen and oxygen atoms in total. The Kier molecular flexibility index (Phi) is 6.01. The van der Waals surface area contributed by atoms with E-state index >= 15 is 0 Å². The third-order valence-electron chi connectivity index (χ3n) is 4.06. The van der Waals surface area contributed by atoms with Crippen LogP contribution in [0.15, 0.2) is 36.7 Å². The van der Waals surface area contributed by atoms with Crippen LogP contribution in [0, 0.1) is 0 Å². The Morgan fingerprint density at radius 1 is 1.18 bits per heavy atom. The number of pyridine rings is 1. The minimum Gasteiger partial charge on any atom is -0.495 e. The molecule has 0 saturated heterocycles. The third kappa shape index (κ3) is 4.35. The maximum atomic E-state index is 12.6. The first-order valence-electron chi connectivity index (χ1n) is 8.76. The number of ether oxygens (including phenoxy) is 1. The third-order valence-corrected chi connectivity index (χ3v) is 4.06. The number of hydrogen-bond acceptors (Lipinski definition) is 5. The van der Waals surface area contributed by atoms with E-state index in [2.05, 4.69) is 25.8 Å². The second kappa shape index (κ2) is 8.81. The van der Waals surface area contributed by atoms with Crippen molar-refractivity contribution < 1.29 is 14.3 Å². The van der Waals surface area contributed by atoms with Crippen molar-refractivity contribution in [2.24, 2.45) is 0 Å². The first-order valence-corrected chi connectivity index (χ1v) is 8.76. The van der Waals surface area contributed by atoms with E-state index in [9.17, 15) is 9.59 Å². The number of amides is 2. The van der Waals surface area contributed by atoms with Crippen molar-refractivity contribution in [1.82, 2.24) is 25.8 Å². The van der Waals surface area contributed by atoms with E-state index in [1.165, 1.54) is 14.0 Å². The Hall–Kier alpha value is -3.68. The number of rotatable bonds is 7. The lowest BCUT2D eigenvalue weighted by molar-refractivity contribution is -0.118. The van der Waals surface area contributed by atoms with Gasteiger partial charge in [0.05, 0.1) is 29.3 Å². The quantitative estimate of drug-likeness (QED) is 0.544. The van der Waals surface area contributed by atoms with Crippen LogP contribution >= 0.6 is 0 Å². The summed E-state index contributed by atoms with van der Waals surface area (Å²) in [5.41, 5.74) is 2.75. The smallest absolute Gasteiger partial charge is 0.255 e. The van der Waals surface area contributed by atoms with Crippen LogP contribution in [0.25, 0.3) is 23.1 Å². The van der Waals surface area contributed by atoms with Gasteiger partial charge in [-0.05, 0) is 29.8 Å². The van der Waals surface area contributed by atoms with Crippen LogP contribution in [-0.2, 0) is 4.79 Å². The summed E-state index contributed by atoms with van der Waals surface area (Å²) in [5.74, 6) is 0.0123. The van der Waals surface area contributed by atoms with Crippen LogP contribution in [-0.4, -0.2) is 47.2 Å². The lowest BCUT2D eigenvalue weighted by atomic mass is 10.1. The Balaban J connectivity index is 1.87. The normalized spacial score (nSPS) is 10.9. The van der Waals surface area contributed by atoms with Gasteiger partial charge in [-0.15, -0.1) is 0 Å². The van der Waals surface area contributed by atoms with Crippen molar-refractivity contribution >= 4 is 34.9 Å². The van der Waals surface area contributed by atoms with Gasteiger partial charge in [0.15, 0.2) is 0 Å². The van der Waals surface area contributed by atoms with Crippen LogP contribution in [0.3, 0.4) is 0 Å². The first-order chi connectivity index (χ1) is 13.6. The molecule has 2 heterocycles. The number of carbonyl (C=O) groups is 2. The minimum atomic E-state index is -0.285. The van der Waals surface area contributed by atoms with Gasteiger partial charge < -0.3 is 15.4 Å². The fourth-order valence-electron chi connectivity index (χ4n) is 2.78. The number of hydrogen-bond donors (Lipinski definition) is 3. The molecule has 0 aliphatic rings. The van der Waals surface area contributed by atoms with Gasteiger partial charge in [0, 0.05) is 32.4 Å². The van der Waals surface area contributed by atoms with E-state index in [0.29, 0.717) is 30.1 Å². The Morgan fingerprint density at radius 3 is 2.71 bits per heavy atom. The fraction of sp³-hybridized carbons (Fsp3) is 0.200. The molecule has 0 fully saturated rings. The highest BCUT2D eigenvalue weighted by molar-refractivity contribution is 6.05. The van der Waals surface area contributed by atoms with Crippen molar-refractivity contribution in [3.8, 4) is 5.75 Å². The van der Waals surface area contributed by atoms with Crippen molar-refractivity contribution in [2.45, 2.75) is 6.92 Å². The summed E-state index contributed by atoms with van der Waals surface area (Å²) in [6.45, 7) is 2.10. The summed E-state index contributed by atoms with van der Waals surface area (Å²) in [5, 5.41) is 13.4. The highest BCUT2D eigenvalue weighted by Crippen LogP contribution is 2.32. The van der Waals surface area contributed by atoms with E-state index in [4.69, 9.17) is 4.74 Å². The average molecular weight is 379 g/mol. The summed E-state index contributed by atoms with van der Waals surface area (Å²) in [4.78, 5) is 27.6. The van der Waals surface area contributed by atoms with Crippen LogP contribution in [0.1, 0.15) is 28.5 Å². The van der Waals surface area contributed by atoms with E-state index in [1.807, 2.05) is 24.3 Å². The minimum absolute atomic E-state index is 0.142. The molecule has 28 heavy (non-hydrogen) atoms. The SMILES string of the molecule is COc1c(C(=O)NCCNC(C)=O)ccc2[nH]nc(C=Cc3cccnc3)c12. The summed E-state index contributed by atoms with van der Waals surface area (Å²) < 4.78 is 5.54. The number of H-pyrrole nitrogens is 1. The highest BCUT2D eigenvalue weighted by atomic mass is 16.5. The Labute approximate surface area is 162 Å². The van der Waals surface area contributed by atoms with Gasteiger partial charge in [0.2, 0.25) is 5.91 Å². The predicted octanol–water partition coefficient (Wildman–Crippen LogP) is 2.00. The average Bonchev–Trinajstić information content (AvgIpc) is 3.12. The molecule has 3 N–H and O–H groups in total. The van der Waals surface area contributed by atoms with Crippen molar-refractivity contribution in [3.05, 3.63) is 53.5 Å². The molecular formula is C20H21N5O3. The van der Waals surface area contributed by atoms with Gasteiger partial charge in [-0.25, -0.2) is 0 Å². The summed E-state index contributed by atoms with van der Waals surface area (Å²) in [7, 11) is 1.52. The molecule has 0 aliphatic heterocycles. The number of fused-ring (bicyclic) bond motifs is 1. The second-order valence-electron chi connectivity index (χ2n) is 6.04. The number of nitrogens with zero attached hydrogens (tertiary/aromatic N) is 2. The van der Waals surface area contributed by atoms with Crippen LogP contribution in [0.4, 0.5) is 0 Å². The van der Waals surface area contributed by atoms with Gasteiger partial charge in [-0.2, -0.15) is 5.10 Å². The van der Waals surface area contributed by atoms with Gasteiger partial charge >= 0.3 is 0 Å². The van der Waals surface area contributed by atoms with Crippen molar-refractivity contribution in [3.63, 3.8) is 0 Å². The largest absolute Gasteiger partial charge is 0.495 e. The summed E-state index contributed by atoms with van der Waals surface area (Å²) in [6.07, 6.45) is 7.19. The molecule has 8 heteroatoms. The zero-order valence-electron chi connectivity index (χ0n) is 15.7. The van der Waals surface area contributed by atoms with Gasteiger partial charge in [-0.3, -0.25) is 19.7 Å².